The van der Waals surface area contributed by atoms with Crippen LogP contribution in [0.25, 0.3) is 0 Å². The van der Waals surface area contributed by atoms with Gasteiger partial charge in [-0.1, -0.05) is 318 Å². The van der Waals surface area contributed by atoms with E-state index in [2.05, 4.69) is 93.7 Å². The van der Waals surface area contributed by atoms with Gasteiger partial charge in [0, 0.05) is 19.3 Å². The maximum Gasteiger partial charge on any atom is 0.306 e. The molecular formula is C75H134O6. The molecular weight excluding hydrogens is 997 g/mol. The van der Waals surface area contributed by atoms with Crippen molar-refractivity contribution in [2.24, 2.45) is 0 Å². The molecule has 0 aromatic carbocycles. The van der Waals surface area contributed by atoms with Gasteiger partial charge in [-0.25, -0.2) is 0 Å². The lowest BCUT2D eigenvalue weighted by Gasteiger charge is -2.18. The first-order chi connectivity index (χ1) is 40.0. The summed E-state index contributed by atoms with van der Waals surface area (Å²) in [6.45, 7) is 6.53. The van der Waals surface area contributed by atoms with Crippen LogP contribution in [-0.2, 0) is 28.6 Å². The summed E-state index contributed by atoms with van der Waals surface area (Å²) in [5.74, 6) is -0.866. The number of hydrogen-bond donors (Lipinski definition) is 0. The summed E-state index contributed by atoms with van der Waals surface area (Å²) in [6.07, 6.45) is 90.8. The number of allylic oxidation sites excluding steroid dienone is 12. The van der Waals surface area contributed by atoms with Crippen LogP contribution < -0.4 is 0 Å². The zero-order valence-corrected chi connectivity index (χ0v) is 54.1. The Labute approximate surface area is 503 Å². The number of carbonyl (C=O) groups excluding carboxylic acids is 3. The number of rotatable bonds is 65. The molecule has 0 saturated carbocycles. The van der Waals surface area contributed by atoms with Gasteiger partial charge in [-0.3, -0.25) is 14.4 Å². The molecule has 0 radical (unpaired) electrons. The molecule has 0 aliphatic heterocycles. The van der Waals surface area contributed by atoms with E-state index in [0.717, 1.165) is 89.9 Å². The lowest BCUT2D eigenvalue weighted by molar-refractivity contribution is -0.167. The third kappa shape index (κ3) is 67.5. The number of unbranched alkanes of at least 4 members (excludes halogenated alkanes) is 42. The predicted octanol–water partition coefficient (Wildman–Crippen LogP) is 24.4. The van der Waals surface area contributed by atoms with Gasteiger partial charge in [-0.15, -0.1) is 0 Å². The molecule has 6 nitrogen and oxygen atoms in total. The van der Waals surface area contributed by atoms with Crippen LogP contribution in [0, 0.1) is 0 Å². The van der Waals surface area contributed by atoms with E-state index < -0.39 is 6.10 Å². The summed E-state index contributed by atoms with van der Waals surface area (Å²) in [5.41, 5.74) is 0. The smallest absolute Gasteiger partial charge is 0.306 e. The highest BCUT2D eigenvalue weighted by Crippen LogP contribution is 2.18. The normalized spacial score (nSPS) is 12.5. The summed E-state index contributed by atoms with van der Waals surface area (Å²) in [4.78, 5) is 38.4. The van der Waals surface area contributed by atoms with Crippen molar-refractivity contribution in [2.75, 3.05) is 13.2 Å². The molecule has 0 fully saturated rings. The molecule has 0 saturated heterocycles. The standard InChI is InChI=1S/C75H134O6/c1-4-7-10-13-16-19-22-24-26-28-30-32-34-36-37-39-40-42-44-46-48-50-53-56-59-62-65-68-74(77)80-71-72(70-79-73(76)67-64-61-58-55-52-21-18-15-12-9-6-3)81-75(78)69-66-63-60-57-54-51-49-47-45-43-41-38-35-33-31-29-27-25-23-20-17-14-11-8-5-2/h7,10,15-16,18-19,24,26,29-32,72H,4-6,8-9,11-14,17,20-23,25,27-28,33-71H2,1-3H3/b10-7-,18-15-,19-16-,26-24-,31-29-,32-30-. The van der Waals surface area contributed by atoms with Crippen molar-refractivity contribution in [3.8, 4) is 0 Å². The quantitative estimate of drug-likeness (QED) is 0.0261. The van der Waals surface area contributed by atoms with E-state index in [0.29, 0.717) is 19.3 Å². The maximum absolute atomic E-state index is 12.9. The molecule has 0 spiro atoms. The Balaban J connectivity index is 4.19. The van der Waals surface area contributed by atoms with Crippen LogP contribution in [0.4, 0.5) is 0 Å². The fourth-order valence-electron chi connectivity index (χ4n) is 10.4. The molecule has 1 unspecified atom stereocenters. The Morgan fingerprint density at radius 3 is 0.802 bits per heavy atom. The molecule has 0 aliphatic carbocycles. The van der Waals surface area contributed by atoms with E-state index in [-0.39, 0.29) is 31.1 Å². The average Bonchev–Trinajstić information content (AvgIpc) is 3.47. The Bertz CT molecular complexity index is 1490. The van der Waals surface area contributed by atoms with Crippen molar-refractivity contribution >= 4 is 17.9 Å². The summed E-state index contributed by atoms with van der Waals surface area (Å²) in [6, 6.07) is 0. The van der Waals surface area contributed by atoms with Gasteiger partial charge in [0.15, 0.2) is 6.10 Å². The monoisotopic (exact) mass is 1130 g/mol. The van der Waals surface area contributed by atoms with Crippen molar-refractivity contribution < 1.29 is 28.6 Å². The molecule has 0 aromatic heterocycles. The van der Waals surface area contributed by atoms with Crippen molar-refractivity contribution in [3.63, 3.8) is 0 Å². The van der Waals surface area contributed by atoms with Crippen molar-refractivity contribution in [2.45, 2.75) is 374 Å². The van der Waals surface area contributed by atoms with Crippen LogP contribution >= 0.6 is 0 Å². The molecule has 0 rings (SSSR count). The van der Waals surface area contributed by atoms with Crippen LogP contribution in [0.3, 0.4) is 0 Å². The van der Waals surface area contributed by atoms with Gasteiger partial charge in [0.25, 0.3) is 0 Å². The van der Waals surface area contributed by atoms with Crippen LogP contribution in [-0.4, -0.2) is 37.2 Å². The van der Waals surface area contributed by atoms with Gasteiger partial charge in [-0.2, -0.15) is 0 Å². The fourth-order valence-corrected chi connectivity index (χ4v) is 10.4. The minimum atomic E-state index is -0.779. The second kappa shape index (κ2) is 69.3. The molecule has 1 atom stereocenters. The Morgan fingerprint density at radius 1 is 0.259 bits per heavy atom. The van der Waals surface area contributed by atoms with Gasteiger partial charge < -0.3 is 14.2 Å². The van der Waals surface area contributed by atoms with Crippen LogP contribution in [0.5, 0.6) is 0 Å². The summed E-state index contributed by atoms with van der Waals surface area (Å²) in [7, 11) is 0. The van der Waals surface area contributed by atoms with Gasteiger partial charge in [0.2, 0.25) is 0 Å². The lowest BCUT2D eigenvalue weighted by Crippen LogP contribution is -2.30. The van der Waals surface area contributed by atoms with Gasteiger partial charge in [-0.05, 0) is 103 Å². The van der Waals surface area contributed by atoms with E-state index in [1.807, 2.05) is 0 Å². The first-order valence-corrected chi connectivity index (χ1v) is 35.4. The third-order valence-corrected chi connectivity index (χ3v) is 15.7. The highest BCUT2D eigenvalue weighted by Gasteiger charge is 2.19. The van der Waals surface area contributed by atoms with Gasteiger partial charge in [0.1, 0.15) is 13.2 Å². The van der Waals surface area contributed by atoms with Gasteiger partial charge >= 0.3 is 17.9 Å². The van der Waals surface area contributed by atoms with Crippen LogP contribution in [0.1, 0.15) is 367 Å². The first-order valence-electron chi connectivity index (χ1n) is 35.4. The third-order valence-electron chi connectivity index (χ3n) is 15.7. The maximum atomic E-state index is 12.9. The number of carbonyl (C=O) groups is 3. The van der Waals surface area contributed by atoms with E-state index in [1.54, 1.807) is 0 Å². The highest BCUT2D eigenvalue weighted by atomic mass is 16.6. The number of esters is 3. The van der Waals surface area contributed by atoms with E-state index in [9.17, 15) is 14.4 Å². The van der Waals surface area contributed by atoms with Crippen molar-refractivity contribution in [1.29, 1.82) is 0 Å². The Morgan fingerprint density at radius 2 is 0.494 bits per heavy atom. The predicted molar refractivity (Wildman–Crippen MR) is 353 cm³/mol. The first kappa shape index (κ1) is 77.9. The van der Waals surface area contributed by atoms with Crippen LogP contribution in [0.15, 0.2) is 72.9 Å². The average molecular weight is 1130 g/mol. The molecule has 0 aliphatic rings. The topological polar surface area (TPSA) is 78.9 Å². The SMILES string of the molecule is CC/C=C\C/C=C\C/C=C\C/C=C\CCCCCCCCCCCCCCCCC(=O)OCC(COC(=O)CCCCCCC/C=C\CCCC)OC(=O)CCCCCCCCCCCCCCC/C=C\CCCCCCCCCC. The fraction of sp³-hybridized carbons (Fsp3) is 0.800. The van der Waals surface area contributed by atoms with Crippen molar-refractivity contribution in [3.05, 3.63) is 72.9 Å². The zero-order chi connectivity index (χ0) is 58.5. The molecule has 0 bridgehead atoms. The molecule has 470 valence electrons. The molecule has 0 aromatic rings. The minimum absolute atomic E-state index is 0.0749. The van der Waals surface area contributed by atoms with Gasteiger partial charge in [0.05, 0.1) is 0 Å². The molecule has 0 heterocycles. The Hall–Kier alpha value is -3.15. The van der Waals surface area contributed by atoms with E-state index in [4.69, 9.17) is 14.2 Å². The van der Waals surface area contributed by atoms with Crippen LogP contribution in [0.2, 0.25) is 0 Å². The second-order valence-electron chi connectivity index (χ2n) is 23.8. The van der Waals surface area contributed by atoms with Crippen molar-refractivity contribution in [1.82, 2.24) is 0 Å². The number of ether oxygens (including phenoxy) is 3. The molecule has 0 amide bonds. The summed E-state index contributed by atoms with van der Waals surface area (Å²) >= 11 is 0. The van der Waals surface area contributed by atoms with E-state index in [1.165, 1.54) is 238 Å². The highest BCUT2D eigenvalue weighted by molar-refractivity contribution is 5.71. The number of hydrogen-bond acceptors (Lipinski definition) is 6. The molecule has 0 N–H and O–H groups in total. The molecule has 81 heavy (non-hydrogen) atoms. The second-order valence-corrected chi connectivity index (χ2v) is 23.8. The Kier molecular flexibility index (Phi) is 66.6. The molecule has 6 heteroatoms. The largest absolute Gasteiger partial charge is 0.462 e. The minimum Gasteiger partial charge on any atom is -0.462 e. The zero-order valence-electron chi connectivity index (χ0n) is 54.1. The summed E-state index contributed by atoms with van der Waals surface area (Å²) < 4.78 is 17.0. The lowest BCUT2D eigenvalue weighted by atomic mass is 10.0. The summed E-state index contributed by atoms with van der Waals surface area (Å²) in [5, 5.41) is 0. The van der Waals surface area contributed by atoms with E-state index >= 15 is 0 Å².